The van der Waals surface area contributed by atoms with E-state index in [9.17, 15) is 9.59 Å². The van der Waals surface area contributed by atoms with E-state index in [1.54, 1.807) is 25.1 Å². The van der Waals surface area contributed by atoms with Gasteiger partial charge in [-0.05, 0) is 47.9 Å². The minimum Gasteiger partial charge on any atom is -0.462 e. The van der Waals surface area contributed by atoms with E-state index in [0.29, 0.717) is 30.1 Å². The first-order chi connectivity index (χ1) is 16.6. The molecule has 0 saturated carbocycles. The molecule has 174 valence electrons. The molecule has 0 bridgehead atoms. The maximum Gasteiger partial charge on any atom is 0.338 e. The maximum absolute atomic E-state index is 13.1. The highest BCUT2D eigenvalue weighted by atomic mass is 16.5. The van der Waals surface area contributed by atoms with Crippen LogP contribution in [0.4, 0.5) is 11.4 Å². The predicted molar refractivity (Wildman–Crippen MR) is 132 cm³/mol. The molecule has 7 heteroatoms. The summed E-state index contributed by atoms with van der Waals surface area (Å²) in [6.07, 6.45) is 0. The summed E-state index contributed by atoms with van der Waals surface area (Å²) in [5.41, 5.74) is 5.04. The number of aliphatic imine (C=N–C) groups is 1. The predicted octanol–water partition coefficient (Wildman–Crippen LogP) is 3.80. The van der Waals surface area contributed by atoms with Crippen molar-refractivity contribution < 1.29 is 19.4 Å². The van der Waals surface area contributed by atoms with Crippen molar-refractivity contribution in [2.75, 3.05) is 25.1 Å². The van der Waals surface area contributed by atoms with Gasteiger partial charge in [0.05, 0.1) is 30.2 Å². The normalized spacial score (nSPS) is 15.1. The minimum absolute atomic E-state index is 0.0923. The average Bonchev–Trinajstić information content (AvgIpc) is 3.19. The van der Waals surface area contributed by atoms with E-state index in [1.807, 2.05) is 54.6 Å². The lowest BCUT2D eigenvalue weighted by molar-refractivity contribution is -0.115. The van der Waals surface area contributed by atoms with Gasteiger partial charge < -0.3 is 20.5 Å². The fourth-order valence-corrected chi connectivity index (χ4v) is 3.92. The Labute approximate surface area is 198 Å². The SMILES string of the molecule is CCOC(=O)c1ccc2c(c1)NC(=O)C2C(=Nc1ccc(CNCCO)cc1)c1ccccc1. The van der Waals surface area contributed by atoms with E-state index in [1.165, 1.54) is 0 Å². The number of fused-ring (bicyclic) bond motifs is 1. The number of hydrogen-bond acceptors (Lipinski definition) is 6. The van der Waals surface area contributed by atoms with Crippen LogP contribution >= 0.6 is 0 Å². The van der Waals surface area contributed by atoms with Gasteiger partial charge in [0.25, 0.3) is 0 Å². The highest BCUT2D eigenvalue weighted by Gasteiger charge is 2.36. The van der Waals surface area contributed by atoms with Crippen LogP contribution < -0.4 is 10.6 Å². The van der Waals surface area contributed by atoms with Crippen LogP contribution in [0.5, 0.6) is 0 Å². The zero-order valence-corrected chi connectivity index (χ0v) is 19.0. The first kappa shape index (κ1) is 23.4. The van der Waals surface area contributed by atoms with E-state index in [0.717, 1.165) is 22.4 Å². The smallest absolute Gasteiger partial charge is 0.338 e. The summed E-state index contributed by atoms with van der Waals surface area (Å²) >= 11 is 0. The Morgan fingerprint density at radius 1 is 1.06 bits per heavy atom. The van der Waals surface area contributed by atoms with Crippen molar-refractivity contribution >= 4 is 29.0 Å². The van der Waals surface area contributed by atoms with E-state index in [-0.39, 0.29) is 19.1 Å². The lowest BCUT2D eigenvalue weighted by Gasteiger charge is -2.14. The van der Waals surface area contributed by atoms with Gasteiger partial charge in [0.1, 0.15) is 5.92 Å². The number of hydrogen-bond donors (Lipinski definition) is 3. The van der Waals surface area contributed by atoms with E-state index in [2.05, 4.69) is 10.6 Å². The van der Waals surface area contributed by atoms with Crippen molar-refractivity contribution in [2.24, 2.45) is 4.99 Å². The molecule has 34 heavy (non-hydrogen) atoms. The molecular weight excluding hydrogens is 430 g/mol. The highest BCUT2D eigenvalue weighted by molar-refractivity contribution is 6.24. The van der Waals surface area contributed by atoms with E-state index in [4.69, 9.17) is 14.8 Å². The fraction of sp³-hybridized carbons (Fsp3) is 0.222. The van der Waals surface area contributed by atoms with Gasteiger partial charge >= 0.3 is 5.97 Å². The van der Waals surface area contributed by atoms with E-state index >= 15 is 0 Å². The molecule has 0 aromatic heterocycles. The molecule has 1 amide bonds. The van der Waals surface area contributed by atoms with Crippen molar-refractivity contribution in [3.8, 4) is 0 Å². The molecule has 1 aliphatic heterocycles. The second-order valence-electron chi connectivity index (χ2n) is 7.87. The van der Waals surface area contributed by atoms with Crippen LogP contribution in [0.25, 0.3) is 0 Å². The van der Waals surface area contributed by atoms with Gasteiger partial charge in [0.2, 0.25) is 5.91 Å². The number of anilines is 1. The Kier molecular flexibility index (Phi) is 7.47. The summed E-state index contributed by atoms with van der Waals surface area (Å²) in [5.74, 6) is -1.23. The molecule has 0 radical (unpaired) electrons. The van der Waals surface area contributed by atoms with Crippen LogP contribution in [0.3, 0.4) is 0 Å². The van der Waals surface area contributed by atoms with Crippen molar-refractivity contribution in [2.45, 2.75) is 19.4 Å². The molecule has 3 N–H and O–H groups in total. The quantitative estimate of drug-likeness (QED) is 0.258. The molecule has 1 heterocycles. The molecule has 7 nitrogen and oxygen atoms in total. The number of rotatable bonds is 9. The van der Waals surface area contributed by atoms with Gasteiger partial charge in [-0.2, -0.15) is 0 Å². The molecule has 0 spiro atoms. The molecule has 3 aromatic rings. The number of amides is 1. The molecule has 1 aliphatic rings. The monoisotopic (exact) mass is 457 g/mol. The third-order valence-electron chi connectivity index (χ3n) is 5.54. The van der Waals surface area contributed by atoms with Gasteiger partial charge in [-0.25, -0.2) is 4.79 Å². The van der Waals surface area contributed by atoms with Crippen molar-refractivity contribution in [1.82, 2.24) is 5.32 Å². The summed E-state index contributed by atoms with van der Waals surface area (Å²) in [5, 5.41) is 15.0. The summed E-state index contributed by atoms with van der Waals surface area (Å²) in [6, 6.07) is 22.5. The van der Waals surface area contributed by atoms with Crippen LogP contribution in [0.2, 0.25) is 0 Å². The number of carbonyl (C=O) groups excluding carboxylic acids is 2. The zero-order valence-electron chi connectivity index (χ0n) is 19.0. The second kappa shape index (κ2) is 10.9. The van der Waals surface area contributed by atoms with Crippen molar-refractivity contribution in [3.05, 3.63) is 95.1 Å². The number of aliphatic hydroxyl groups is 1. The lowest BCUT2D eigenvalue weighted by Crippen LogP contribution is -2.22. The largest absolute Gasteiger partial charge is 0.462 e. The third kappa shape index (κ3) is 5.22. The second-order valence-corrected chi connectivity index (χ2v) is 7.87. The number of aliphatic hydroxyl groups excluding tert-OH is 1. The topological polar surface area (TPSA) is 100 Å². The van der Waals surface area contributed by atoms with Crippen LogP contribution in [-0.4, -0.2) is 42.5 Å². The number of carbonyl (C=O) groups is 2. The average molecular weight is 458 g/mol. The summed E-state index contributed by atoms with van der Waals surface area (Å²) in [7, 11) is 0. The molecule has 4 rings (SSSR count). The van der Waals surface area contributed by atoms with Gasteiger partial charge in [0.15, 0.2) is 0 Å². The number of ether oxygens (including phenoxy) is 1. The van der Waals surface area contributed by atoms with Gasteiger partial charge in [-0.15, -0.1) is 0 Å². The van der Waals surface area contributed by atoms with Gasteiger partial charge in [-0.1, -0.05) is 48.5 Å². The number of benzene rings is 3. The fourth-order valence-electron chi connectivity index (χ4n) is 3.92. The molecule has 0 aliphatic carbocycles. The van der Waals surface area contributed by atoms with Crippen LogP contribution in [0, 0.1) is 0 Å². The van der Waals surface area contributed by atoms with Crippen LogP contribution in [-0.2, 0) is 16.1 Å². The summed E-state index contributed by atoms with van der Waals surface area (Å²) < 4.78 is 5.09. The Morgan fingerprint density at radius 2 is 1.82 bits per heavy atom. The molecule has 0 fully saturated rings. The van der Waals surface area contributed by atoms with Crippen molar-refractivity contribution in [3.63, 3.8) is 0 Å². The number of esters is 1. The standard InChI is InChI=1S/C27H27N3O4/c1-2-34-27(33)20-10-13-22-23(16-20)30-26(32)24(22)25(19-6-4-3-5-7-19)29-21-11-8-18(9-12-21)17-28-14-15-31/h3-13,16,24,28,31H,2,14-15,17H2,1H3,(H,30,32). The van der Waals surface area contributed by atoms with Crippen LogP contribution in [0.1, 0.15) is 39.9 Å². The molecule has 1 atom stereocenters. The first-order valence-corrected chi connectivity index (χ1v) is 11.3. The number of nitrogens with one attached hydrogen (secondary N) is 2. The Hall–Kier alpha value is -3.81. The third-order valence-corrected chi connectivity index (χ3v) is 5.54. The minimum atomic E-state index is -0.612. The molecule has 3 aromatic carbocycles. The molecular formula is C27H27N3O4. The molecule has 1 unspecified atom stereocenters. The Morgan fingerprint density at radius 3 is 2.53 bits per heavy atom. The maximum atomic E-state index is 13.1. The highest BCUT2D eigenvalue weighted by Crippen LogP contribution is 2.37. The molecule has 0 saturated heterocycles. The summed E-state index contributed by atoms with van der Waals surface area (Å²) in [4.78, 5) is 30.1. The van der Waals surface area contributed by atoms with Gasteiger partial charge in [0, 0.05) is 18.8 Å². The summed E-state index contributed by atoms with van der Waals surface area (Å²) in [6.45, 7) is 3.31. The lowest BCUT2D eigenvalue weighted by atomic mass is 9.90. The van der Waals surface area contributed by atoms with Crippen LogP contribution in [0.15, 0.2) is 77.8 Å². The Balaban J connectivity index is 1.69. The Bertz CT molecular complexity index is 1190. The van der Waals surface area contributed by atoms with Crippen molar-refractivity contribution in [1.29, 1.82) is 0 Å². The number of nitrogens with zero attached hydrogens (tertiary/aromatic N) is 1. The zero-order chi connectivity index (χ0) is 23.9. The van der Waals surface area contributed by atoms with Gasteiger partial charge in [-0.3, -0.25) is 9.79 Å². The first-order valence-electron chi connectivity index (χ1n) is 11.3. The van der Waals surface area contributed by atoms with E-state index < -0.39 is 11.9 Å².